The van der Waals surface area contributed by atoms with Crippen molar-refractivity contribution in [2.75, 3.05) is 11.1 Å². The summed E-state index contributed by atoms with van der Waals surface area (Å²) in [6.45, 7) is 1.94. The Morgan fingerprint density at radius 3 is 2.70 bits per heavy atom. The van der Waals surface area contributed by atoms with Crippen molar-refractivity contribution in [2.45, 2.75) is 16.8 Å². The third-order valence-corrected chi connectivity index (χ3v) is 5.65. The lowest BCUT2D eigenvalue weighted by Crippen LogP contribution is -2.03. The van der Waals surface area contributed by atoms with Gasteiger partial charge in [-0.05, 0) is 36.8 Å². The summed E-state index contributed by atoms with van der Waals surface area (Å²) in [5.74, 6) is 0.547. The van der Waals surface area contributed by atoms with Gasteiger partial charge in [-0.3, -0.25) is 4.98 Å². The number of nitrogen functional groups attached to an aromatic ring is 1. The number of fused-ring (bicyclic) bond motifs is 1. The van der Waals surface area contributed by atoms with E-state index in [1.165, 1.54) is 18.1 Å². The Morgan fingerprint density at radius 1 is 1.00 bits per heavy atom. The van der Waals surface area contributed by atoms with Gasteiger partial charge in [0, 0.05) is 27.2 Å². The molecule has 3 N–H and O–H groups in total. The Labute approximate surface area is 166 Å². The molecular weight excluding hydrogens is 378 g/mol. The largest absolute Gasteiger partial charge is 0.394 e. The van der Waals surface area contributed by atoms with E-state index in [9.17, 15) is 0 Å². The summed E-state index contributed by atoms with van der Waals surface area (Å²) >= 11 is 7.67. The number of nitrogens with two attached hydrogens (primary N) is 1. The number of anilines is 3. The van der Waals surface area contributed by atoms with Gasteiger partial charge in [0.05, 0.1) is 5.52 Å². The fourth-order valence-electron chi connectivity index (χ4n) is 2.69. The topological polar surface area (TPSA) is 76.7 Å². The van der Waals surface area contributed by atoms with Crippen LogP contribution < -0.4 is 11.1 Å². The van der Waals surface area contributed by atoms with Gasteiger partial charge >= 0.3 is 0 Å². The number of halogens is 1. The van der Waals surface area contributed by atoms with Crippen LogP contribution >= 0.6 is 23.4 Å². The fraction of sp³-hybridized carbons (Fsp3) is 0.0500. The third-order valence-electron chi connectivity index (χ3n) is 4.17. The predicted octanol–water partition coefficient (Wildman–Crippen LogP) is 5.46. The average molecular weight is 394 g/mol. The Morgan fingerprint density at radius 2 is 1.81 bits per heavy atom. The van der Waals surface area contributed by atoms with Crippen molar-refractivity contribution in [3.05, 3.63) is 71.6 Å². The fourth-order valence-corrected chi connectivity index (χ4v) is 3.80. The third kappa shape index (κ3) is 3.54. The highest BCUT2D eigenvalue weighted by molar-refractivity contribution is 7.99. The Balaban J connectivity index is 1.69. The van der Waals surface area contributed by atoms with Crippen molar-refractivity contribution in [3.8, 4) is 0 Å². The number of nitrogens with one attached hydrogen (secondary N) is 1. The Kier molecular flexibility index (Phi) is 4.83. The lowest BCUT2D eigenvalue weighted by Gasteiger charge is -2.13. The maximum Gasteiger partial charge on any atom is 0.158 e. The molecule has 0 aliphatic carbocycles. The molecule has 0 fully saturated rings. The van der Waals surface area contributed by atoms with E-state index in [-0.39, 0.29) is 0 Å². The van der Waals surface area contributed by atoms with Gasteiger partial charge in [0.2, 0.25) is 0 Å². The van der Waals surface area contributed by atoms with E-state index in [0.717, 1.165) is 27.0 Å². The number of rotatable bonds is 4. The molecule has 2 heterocycles. The molecular formula is C20H16ClN5S. The summed E-state index contributed by atoms with van der Waals surface area (Å²) in [6.07, 6.45) is 3.28. The SMILES string of the molecule is Cc1c(Cl)cccc1Nc1ncnc(Sc2cccc3cccnc23)c1N. The highest BCUT2D eigenvalue weighted by Crippen LogP contribution is 2.37. The molecule has 0 aliphatic rings. The van der Waals surface area contributed by atoms with E-state index in [4.69, 9.17) is 17.3 Å². The van der Waals surface area contributed by atoms with Crippen molar-refractivity contribution in [3.63, 3.8) is 0 Å². The van der Waals surface area contributed by atoms with E-state index in [2.05, 4.69) is 20.3 Å². The first kappa shape index (κ1) is 17.6. The molecule has 0 amide bonds. The zero-order valence-electron chi connectivity index (χ0n) is 14.5. The van der Waals surface area contributed by atoms with E-state index in [1.54, 1.807) is 6.20 Å². The molecule has 0 saturated heterocycles. The van der Waals surface area contributed by atoms with Gasteiger partial charge < -0.3 is 11.1 Å². The first-order valence-corrected chi connectivity index (χ1v) is 9.47. The van der Waals surface area contributed by atoms with Crippen molar-refractivity contribution in [1.29, 1.82) is 0 Å². The minimum absolute atomic E-state index is 0.481. The monoisotopic (exact) mass is 393 g/mol. The quantitative estimate of drug-likeness (QED) is 0.448. The minimum atomic E-state index is 0.481. The summed E-state index contributed by atoms with van der Waals surface area (Å²) in [7, 11) is 0. The molecule has 0 unspecified atom stereocenters. The van der Waals surface area contributed by atoms with Crippen molar-refractivity contribution >= 4 is 51.5 Å². The molecule has 0 saturated carbocycles. The summed E-state index contributed by atoms with van der Waals surface area (Å²) in [6, 6.07) is 15.7. The maximum absolute atomic E-state index is 6.35. The van der Waals surface area contributed by atoms with Crippen LogP contribution in [0.1, 0.15) is 5.56 Å². The minimum Gasteiger partial charge on any atom is -0.394 e. The summed E-state index contributed by atoms with van der Waals surface area (Å²) in [5, 5.41) is 5.68. The van der Waals surface area contributed by atoms with Crippen molar-refractivity contribution < 1.29 is 0 Å². The van der Waals surface area contributed by atoms with Crippen LogP contribution in [0.25, 0.3) is 10.9 Å². The van der Waals surface area contributed by atoms with Crippen LogP contribution in [0.2, 0.25) is 5.02 Å². The number of nitrogens with zero attached hydrogens (tertiary/aromatic N) is 3. The van der Waals surface area contributed by atoms with Gasteiger partial charge in [-0.1, -0.05) is 47.6 Å². The van der Waals surface area contributed by atoms with E-state index < -0.39 is 0 Å². The molecule has 2 aromatic carbocycles. The molecule has 2 aromatic heterocycles. The van der Waals surface area contributed by atoms with Crippen LogP contribution in [0.4, 0.5) is 17.2 Å². The van der Waals surface area contributed by atoms with Gasteiger partial charge in [-0.25, -0.2) is 9.97 Å². The second-order valence-electron chi connectivity index (χ2n) is 5.91. The first-order valence-electron chi connectivity index (χ1n) is 8.27. The van der Waals surface area contributed by atoms with Gasteiger partial charge in [0.1, 0.15) is 17.0 Å². The highest BCUT2D eigenvalue weighted by atomic mass is 35.5. The average Bonchev–Trinajstić information content (AvgIpc) is 2.69. The zero-order chi connectivity index (χ0) is 18.8. The van der Waals surface area contributed by atoms with E-state index >= 15 is 0 Å². The van der Waals surface area contributed by atoms with Gasteiger partial charge in [-0.2, -0.15) is 0 Å². The molecule has 4 rings (SSSR count). The van der Waals surface area contributed by atoms with Gasteiger partial charge in [-0.15, -0.1) is 0 Å². The summed E-state index contributed by atoms with van der Waals surface area (Å²) in [4.78, 5) is 14.1. The number of hydrogen-bond donors (Lipinski definition) is 2. The van der Waals surface area contributed by atoms with E-state index in [1.807, 2.05) is 55.5 Å². The Hall–Kier alpha value is -2.83. The molecule has 5 nitrogen and oxygen atoms in total. The molecule has 0 aliphatic heterocycles. The lowest BCUT2D eigenvalue weighted by molar-refractivity contribution is 1.06. The van der Waals surface area contributed by atoms with Crippen molar-refractivity contribution in [1.82, 2.24) is 15.0 Å². The molecule has 4 aromatic rings. The molecule has 27 heavy (non-hydrogen) atoms. The molecule has 0 radical (unpaired) electrons. The number of pyridine rings is 1. The standard InChI is InChI=1S/C20H16ClN5S/c1-12-14(21)7-3-8-15(12)26-19-17(22)20(25-11-24-19)27-16-9-2-5-13-6-4-10-23-18(13)16/h2-11H,22H2,1H3,(H,24,25,26). The molecule has 0 bridgehead atoms. The second kappa shape index (κ2) is 7.42. The first-order chi connectivity index (χ1) is 13.1. The van der Waals surface area contributed by atoms with Crippen LogP contribution in [0.3, 0.4) is 0 Å². The predicted molar refractivity (Wildman–Crippen MR) is 112 cm³/mol. The zero-order valence-corrected chi connectivity index (χ0v) is 16.1. The molecule has 0 spiro atoms. The number of hydrogen-bond acceptors (Lipinski definition) is 6. The molecule has 0 atom stereocenters. The number of aromatic nitrogens is 3. The van der Waals surface area contributed by atoms with E-state index in [0.29, 0.717) is 21.6 Å². The van der Waals surface area contributed by atoms with Crippen LogP contribution in [-0.2, 0) is 0 Å². The normalized spacial score (nSPS) is 10.9. The molecule has 134 valence electrons. The lowest BCUT2D eigenvalue weighted by atomic mass is 10.2. The summed E-state index contributed by atoms with van der Waals surface area (Å²) < 4.78 is 0. The van der Waals surface area contributed by atoms with Crippen LogP contribution in [0.15, 0.2) is 71.0 Å². The molecule has 7 heteroatoms. The van der Waals surface area contributed by atoms with Gasteiger partial charge in [0.15, 0.2) is 5.82 Å². The van der Waals surface area contributed by atoms with Crippen LogP contribution in [-0.4, -0.2) is 15.0 Å². The summed E-state index contributed by atoms with van der Waals surface area (Å²) in [5.41, 5.74) is 9.54. The second-order valence-corrected chi connectivity index (χ2v) is 7.35. The van der Waals surface area contributed by atoms with Crippen LogP contribution in [0.5, 0.6) is 0 Å². The maximum atomic E-state index is 6.35. The van der Waals surface area contributed by atoms with Gasteiger partial charge in [0.25, 0.3) is 0 Å². The van der Waals surface area contributed by atoms with Crippen molar-refractivity contribution in [2.24, 2.45) is 0 Å². The van der Waals surface area contributed by atoms with Crippen LogP contribution in [0, 0.1) is 6.92 Å². The number of benzene rings is 2. The smallest absolute Gasteiger partial charge is 0.158 e. The highest BCUT2D eigenvalue weighted by Gasteiger charge is 2.13. The number of para-hydroxylation sites is 1. The Bertz CT molecular complexity index is 1130.